The number of Topliss-reactive ketones (excluding diaryl/α,β-unsaturated/α-hetero) is 1. The van der Waals surface area contributed by atoms with Crippen molar-refractivity contribution in [3.8, 4) is 0 Å². The smallest absolute Gasteiger partial charge is 0.312 e. The molecule has 2 unspecified atom stereocenters. The molecule has 0 fully saturated rings. The molecule has 4 amide bonds. The van der Waals surface area contributed by atoms with Crippen LogP contribution in [0.3, 0.4) is 0 Å². The van der Waals surface area contributed by atoms with Crippen LogP contribution >= 0.6 is 0 Å². The van der Waals surface area contributed by atoms with E-state index >= 15 is 0 Å². The van der Waals surface area contributed by atoms with Crippen molar-refractivity contribution in [2.75, 3.05) is 6.54 Å². The zero-order chi connectivity index (χ0) is 16.4. The van der Waals surface area contributed by atoms with Gasteiger partial charge in [-0.15, -0.1) is 0 Å². The van der Waals surface area contributed by atoms with Crippen LogP contribution < -0.4 is 21.7 Å². The lowest BCUT2D eigenvalue weighted by Gasteiger charge is -2.23. The van der Waals surface area contributed by atoms with E-state index in [9.17, 15) is 19.2 Å². The van der Waals surface area contributed by atoms with Crippen molar-refractivity contribution >= 4 is 24.1 Å². The van der Waals surface area contributed by atoms with Gasteiger partial charge < -0.3 is 21.7 Å². The third-order valence-electron chi connectivity index (χ3n) is 2.97. The summed E-state index contributed by atoms with van der Waals surface area (Å²) in [5.74, 6) is -0.685. The molecule has 0 spiro atoms. The molecule has 0 aliphatic heterocycles. The zero-order valence-electron chi connectivity index (χ0n) is 12.6. The first-order valence-electron chi connectivity index (χ1n) is 6.83. The Labute approximate surface area is 124 Å². The van der Waals surface area contributed by atoms with Gasteiger partial charge in [0, 0.05) is 6.54 Å². The molecule has 0 rings (SSSR count). The van der Waals surface area contributed by atoms with Crippen LogP contribution in [-0.4, -0.2) is 42.8 Å². The fourth-order valence-electron chi connectivity index (χ4n) is 1.80. The number of hydrogen-bond acceptors (Lipinski definition) is 4. The summed E-state index contributed by atoms with van der Waals surface area (Å²) >= 11 is 0. The van der Waals surface area contributed by atoms with Crippen LogP contribution in [-0.2, 0) is 14.4 Å². The summed E-state index contributed by atoms with van der Waals surface area (Å²) in [5.41, 5.74) is 4.93. The van der Waals surface area contributed by atoms with E-state index < -0.39 is 24.0 Å². The molecule has 0 radical (unpaired) electrons. The van der Waals surface area contributed by atoms with Crippen molar-refractivity contribution in [1.82, 2.24) is 16.0 Å². The highest BCUT2D eigenvalue weighted by Gasteiger charge is 2.25. The van der Waals surface area contributed by atoms with Crippen molar-refractivity contribution in [2.45, 2.75) is 45.7 Å². The number of urea groups is 1. The highest BCUT2D eigenvalue weighted by molar-refractivity contribution is 5.90. The van der Waals surface area contributed by atoms with E-state index in [0.717, 1.165) is 0 Å². The normalized spacial score (nSPS) is 13.1. The Kier molecular flexibility index (Phi) is 8.75. The Balaban J connectivity index is 4.47. The summed E-state index contributed by atoms with van der Waals surface area (Å²) in [7, 11) is 0. The fraction of sp³-hybridized carbons (Fsp3) is 0.692. The number of carbonyl (C=O) groups is 4. The van der Waals surface area contributed by atoms with E-state index in [0.29, 0.717) is 25.8 Å². The third kappa shape index (κ3) is 7.91. The molecule has 0 heterocycles. The molecule has 0 aromatic carbocycles. The van der Waals surface area contributed by atoms with E-state index in [1.807, 2.05) is 0 Å². The van der Waals surface area contributed by atoms with Gasteiger partial charge in [-0.25, -0.2) is 4.79 Å². The minimum atomic E-state index is -0.687. The van der Waals surface area contributed by atoms with Crippen LogP contribution in [0.25, 0.3) is 0 Å². The van der Waals surface area contributed by atoms with E-state index in [1.54, 1.807) is 13.8 Å². The second kappa shape index (κ2) is 9.73. The molecule has 0 aromatic heterocycles. The number of hydrogen-bond donors (Lipinski definition) is 4. The summed E-state index contributed by atoms with van der Waals surface area (Å²) in [6.07, 6.45) is 1.35. The summed E-state index contributed by atoms with van der Waals surface area (Å²) < 4.78 is 0. The summed E-state index contributed by atoms with van der Waals surface area (Å²) in [4.78, 5) is 44.6. The maximum Gasteiger partial charge on any atom is 0.312 e. The number of rotatable bonds is 10. The second-order valence-electron chi connectivity index (χ2n) is 5.11. The molecule has 2 atom stereocenters. The van der Waals surface area contributed by atoms with Gasteiger partial charge in [0.05, 0.1) is 6.04 Å². The van der Waals surface area contributed by atoms with E-state index in [4.69, 9.17) is 5.73 Å². The van der Waals surface area contributed by atoms with E-state index in [2.05, 4.69) is 16.0 Å². The fourth-order valence-corrected chi connectivity index (χ4v) is 1.80. The molecule has 120 valence electrons. The molecular formula is C13H24N4O4. The lowest BCUT2D eigenvalue weighted by atomic mass is 10.0. The maximum atomic E-state index is 12.1. The molecule has 0 aliphatic carbocycles. The standard InChI is InChI=1S/C13H24N4O4/c1-8(2)11(16-7-18)12(20)17-10(9(3)19)5-4-6-15-13(14)21/h7-8,10-11H,4-6H2,1-3H3,(H,16,18)(H,17,20)(H3,14,15,21). The van der Waals surface area contributed by atoms with Crippen molar-refractivity contribution in [3.05, 3.63) is 0 Å². The van der Waals surface area contributed by atoms with Crippen LogP contribution in [0.5, 0.6) is 0 Å². The quantitative estimate of drug-likeness (QED) is 0.313. The van der Waals surface area contributed by atoms with Gasteiger partial charge in [-0.2, -0.15) is 0 Å². The average molecular weight is 300 g/mol. The number of amides is 4. The van der Waals surface area contributed by atoms with E-state index in [-0.39, 0.29) is 11.7 Å². The van der Waals surface area contributed by atoms with Gasteiger partial charge >= 0.3 is 6.03 Å². The number of carbonyl (C=O) groups excluding carboxylic acids is 4. The molecule has 21 heavy (non-hydrogen) atoms. The highest BCUT2D eigenvalue weighted by Crippen LogP contribution is 2.04. The van der Waals surface area contributed by atoms with Gasteiger partial charge in [0.15, 0.2) is 5.78 Å². The minimum absolute atomic E-state index is 0.0978. The Bertz CT molecular complexity index is 384. The van der Waals surface area contributed by atoms with Crippen molar-refractivity contribution in [2.24, 2.45) is 11.7 Å². The molecule has 0 aliphatic rings. The number of nitrogens with two attached hydrogens (primary N) is 1. The monoisotopic (exact) mass is 300 g/mol. The Morgan fingerprint density at radius 3 is 2.29 bits per heavy atom. The van der Waals surface area contributed by atoms with Crippen LogP contribution in [0.1, 0.15) is 33.6 Å². The maximum absolute atomic E-state index is 12.1. The first kappa shape index (κ1) is 18.9. The predicted octanol–water partition coefficient (Wildman–Crippen LogP) is -0.721. The zero-order valence-corrected chi connectivity index (χ0v) is 12.6. The number of nitrogens with one attached hydrogen (secondary N) is 3. The average Bonchev–Trinajstić information content (AvgIpc) is 2.38. The van der Waals surface area contributed by atoms with Crippen LogP contribution in [0.2, 0.25) is 0 Å². The molecular weight excluding hydrogens is 276 g/mol. The lowest BCUT2D eigenvalue weighted by Crippen LogP contribution is -2.51. The van der Waals surface area contributed by atoms with Gasteiger partial charge in [-0.05, 0) is 25.7 Å². The van der Waals surface area contributed by atoms with Crippen LogP contribution in [0.4, 0.5) is 4.79 Å². The topological polar surface area (TPSA) is 130 Å². The number of ketones is 1. The minimum Gasteiger partial charge on any atom is -0.352 e. The largest absolute Gasteiger partial charge is 0.352 e. The molecule has 0 bridgehead atoms. The van der Waals surface area contributed by atoms with Gasteiger partial charge in [-0.3, -0.25) is 14.4 Å². The molecule has 5 N–H and O–H groups in total. The summed E-state index contributed by atoms with van der Waals surface area (Å²) in [5, 5.41) is 7.46. The summed E-state index contributed by atoms with van der Waals surface area (Å²) in [6.45, 7) is 5.29. The van der Waals surface area contributed by atoms with Gasteiger partial charge in [-0.1, -0.05) is 13.8 Å². The third-order valence-corrected chi connectivity index (χ3v) is 2.97. The molecule has 0 saturated heterocycles. The van der Waals surface area contributed by atoms with Crippen molar-refractivity contribution < 1.29 is 19.2 Å². The lowest BCUT2D eigenvalue weighted by molar-refractivity contribution is -0.130. The first-order valence-corrected chi connectivity index (χ1v) is 6.83. The Morgan fingerprint density at radius 1 is 1.24 bits per heavy atom. The summed E-state index contributed by atoms with van der Waals surface area (Å²) in [6, 6.07) is -1.97. The van der Waals surface area contributed by atoms with Crippen molar-refractivity contribution in [1.29, 1.82) is 0 Å². The first-order chi connectivity index (χ1) is 9.79. The van der Waals surface area contributed by atoms with Gasteiger partial charge in [0.25, 0.3) is 0 Å². The highest BCUT2D eigenvalue weighted by atomic mass is 16.2. The van der Waals surface area contributed by atoms with Crippen molar-refractivity contribution in [3.63, 3.8) is 0 Å². The van der Waals surface area contributed by atoms with E-state index in [1.165, 1.54) is 6.92 Å². The second-order valence-corrected chi connectivity index (χ2v) is 5.11. The Morgan fingerprint density at radius 2 is 1.86 bits per heavy atom. The molecule has 0 aromatic rings. The van der Waals surface area contributed by atoms with Gasteiger partial charge in [0.2, 0.25) is 12.3 Å². The molecule has 0 saturated carbocycles. The SMILES string of the molecule is CC(=O)C(CCCNC(N)=O)NC(=O)C(NC=O)C(C)C. The van der Waals surface area contributed by atoms with Gasteiger partial charge in [0.1, 0.15) is 6.04 Å². The van der Waals surface area contributed by atoms with Crippen LogP contribution in [0, 0.1) is 5.92 Å². The van der Waals surface area contributed by atoms with Crippen LogP contribution in [0.15, 0.2) is 0 Å². The Hall–Kier alpha value is -2.12. The molecule has 8 nitrogen and oxygen atoms in total. The number of primary amides is 1. The predicted molar refractivity (Wildman–Crippen MR) is 77.3 cm³/mol. The molecule has 8 heteroatoms.